The number of hydrogen-bond donors (Lipinski definition) is 2. The van der Waals surface area contributed by atoms with Crippen molar-refractivity contribution in [3.8, 4) is 0 Å². The number of likely N-dealkylation sites (tertiary alicyclic amines) is 2. The van der Waals surface area contributed by atoms with Crippen LogP contribution in [0.4, 0.5) is 0 Å². The molecule has 0 unspecified atom stereocenters. The molecule has 4 nitrogen and oxygen atoms in total. The van der Waals surface area contributed by atoms with Crippen LogP contribution in [0.15, 0.2) is 0 Å². The highest BCUT2D eigenvalue weighted by molar-refractivity contribution is 4.77. The van der Waals surface area contributed by atoms with E-state index in [9.17, 15) is 10.2 Å². The maximum absolute atomic E-state index is 10.2. The average Bonchev–Trinajstić information content (AvgIpc) is 2.83. The fraction of sp³-hybridized carbons (Fsp3) is 1.00. The summed E-state index contributed by atoms with van der Waals surface area (Å²) < 4.78 is 0. The molecule has 0 bridgehead atoms. The van der Waals surface area contributed by atoms with Crippen molar-refractivity contribution < 1.29 is 10.2 Å². The van der Waals surface area contributed by atoms with Gasteiger partial charge in [-0.05, 0) is 51.9 Å². The fourth-order valence-electron chi connectivity index (χ4n) is 3.41. The summed E-state index contributed by atoms with van der Waals surface area (Å²) in [6, 6.07) is 0. The van der Waals surface area contributed by atoms with Crippen molar-refractivity contribution in [2.24, 2.45) is 0 Å². The Balaban J connectivity index is 1.71. The molecule has 20 heavy (non-hydrogen) atoms. The van der Waals surface area contributed by atoms with E-state index in [0.29, 0.717) is 13.1 Å². The van der Waals surface area contributed by atoms with E-state index in [4.69, 9.17) is 0 Å². The predicted octanol–water partition coefficient (Wildman–Crippen LogP) is 1.46. The Labute approximate surface area is 123 Å². The Hall–Kier alpha value is -0.160. The zero-order chi connectivity index (χ0) is 14.2. The van der Waals surface area contributed by atoms with E-state index in [1.54, 1.807) is 0 Å². The molecule has 0 spiro atoms. The molecule has 0 aromatic carbocycles. The van der Waals surface area contributed by atoms with Crippen molar-refractivity contribution in [2.75, 3.05) is 39.3 Å². The lowest BCUT2D eigenvalue weighted by Gasteiger charge is -2.29. The summed E-state index contributed by atoms with van der Waals surface area (Å²) in [5.74, 6) is 0. The number of hydrogen-bond acceptors (Lipinski definition) is 4. The highest BCUT2D eigenvalue weighted by Crippen LogP contribution is 2.13. The summed E-state index contributed by atoms with van der Waals surface area (Å²) in [5.41, 5.74) is 0. The summed E-state index contributed by atoms with van der Waals surface area (Å²) >= 11 is 0. The molecule has 2 saturated heterocycles. The van der Waals surface area contributed by atoms with E-state index >= 15 is 0 Å². The molecular weight excluding hydrogens is 252 g/mol. The third-order valence-electron chi connectivity index (χ3n) is 4.73. The molecular formula is C16H32N2O2. The van der Waals surface area contributed by atoms with Gasteiger partial charge in [-0.2, -0.15) is 0 Å². The van der Waals surface area contributed by atoms with Gasteiger partial charge >= 0.3 is 0 Å². The Kier molecular flexibility index (Phi) is 7.28. The van der Waals surface area contributed by atoms with Crippen LogP contribution in [-0.4, -0.2) is 71.5 Å². The second-order valence-electron chi connectivity index (χ2n) is 6.56. The fourth-order valence-corrected chi connectivity index (χ4v) is 3.41. The molecule has 118 valence electrons. The molecule has 2 N–H and O–H groups in total. The van der Waals surface area contributed by atoms with Gasteiger partial charge in [0.05, 0.1) is 12.2 Å². The highest BCUT2D eigenvalue weighted by Gasteiger charge is 2.23. The quantitative estimate of drug-likeness (QED) is 0.802. The molecule has 0 aliphatic carbocycles. The van der Waals surface area contributed by atoms with Crippen LogP contribution in [0, 0.1) is 0 Å². The minimum atomic E-state index is -0.601. The first-order valence-corrected chi connectivity index (χ1v) is 8.56. The van der Waals surface area contributed by atoms with Crippen molar-refractivity contribution >= 4 is 0 Å². The number of aliphatic hydroxyl groups is 2. The van der Waals surface area contributed by atoms with Crippen molar-refractivity contribution in [3.63, 3.8) is 0 Å². The summed E-state index contributed by atoms with van der Waals surface area (Å²) in [6.07, 6.45) is 8.96. The maximum Gasteiger partial charge on any atom is 0.0938 e. The van der Waals surface area contributed by atoms with E-state index in [0.717, 1.165) is 26.2 Å². The Morgan fingerprint density at radius 3 is 1.15 bits per heavy atom. The summed E-state index contributed by atoms with van der Waals surface area (Å²) in [7, 11) is 0. The van der Waals surface area contributed by atoms with Crippen LogP contribution in [-0.2, 0) is 0 Å². The lowest BCUT2D eigenvalue weighted by Crippen LogP contribution is -2.45. The zero-order valence-electron chi connectivity index (χ0n) is 12.8. The SMILES string of the molecule is O[C@@H](CN1CCCCCC1)[C@@H](O)CN1CCCCCC1. The van der Waals surface area contributed by atoms with Crippen LogP contribution in [0.1, 0.15) is 51.4 Å². The molecule has 2 rings (SSSR count). The van der Waals surface area contributed by atoms with Crippen LogP contribution in [0.5, 0.6) is 0 Å². The molecule has 2 heterocycles. The highest BCUT2D eigenvalue weighted by atomic mass is 16.3. The van der Waals surface area contributed by atoms with E-state index in [2.05, 4.69) is 9.80 Å². The first kappa shape index (κ1) is 16.2. The predicted molar refractivity (Wildman–Crippen MR) is 81.8 cm³/mol. The lowest BCUT2D eigenvalue weighted by molar-refractivity contribution is -0.0187. The number of β-amino-alcohol motifs (C(OH)–C–C–N with tert-alkyl or cyclic N) is 2. The van der Waals surface area contributed by atoms with Crippen LogP contribution in [0.2, 0.25) is 0 Å². The van der Waals surface area contributed by atoms with Crippen molar-refractivity contribution in [2.45, 2.75) is 63.6 Å². The van der Waals surface area contributed by atoms with Gasteiger partial charge in [0.25, 0.3) is 0 Å². The molecule has 0 saturated carbocycles. The third kappa shape index (κ3) is 5.68. The summed E-state index contributed by atoms with van der Waals surface area (Å²) in [6.45, 7) is 5.58. The molecule has 4 heteroatoms. The first-order valence-electron chi connectivity index (χ1n) is 8.56. The van der Waals surface area contributed by atoms with Crippen molar-refractivity contribution in [1.82, 2.24) is 9.80 Å². The van der Waals surface area contributed by atoms with Gasteiger partial charge in [-0.15, -0.1) is 0 Å². The average molecular weight is 284 g/mol. The Morgan fingerprint density at radius 2 is 0.850 bits per heavy atom. The Morgan fingerprint density at radius 1 is 0.550 bits per heavy atom. The van der Waals surface area contributed by atoms with Gasteiger partial charge in [0.1, 0.15) is 0 Å². The van der Waals surface area contributed by atoms with E-state index in [1.807, 2.05) is 0 Å². The third-order valence-corrected chi connectivity index (χ3v) is 4.73. The first-order chi connectivity index (χ1) is 9.75. The topological polar surface area (TPSA) is 46.9 Å². The number of rotatable bonds is 5. The molecule has 2 aliphatic heterocycles. The minimum absolute atomic E-state index is 0.601. The van der Waals surface area contributed by atoms with E-state index < -0.39 is 12.2 Å². The van der Waals surface area contributed by atoms with Gasteiger partial charge in [0.15, 0.2) is 0 Å². The van der Waals surface area contributed by atoms with Gasteiger partial charge in [0.2, 0.25) is 0 Å². The molecule has 0 aromatic heterocycles. The molecule has 2 fully saturated rings. The minimum Gasteiger partial charge on any atom is -0.389 e. The van der Waals surface area contributed by atoms with Crippen LogP contribution in [0.25, 0.3) is 0 Å². The van der Waals surface area contributed by atoms with Crippen molar-refractivity contribution in [3.05, 3.63) is 0 Å². The molecule has 0 amide bonds. The van der Waals surface area contributed by atoms with Crippen LogP contribution in [0.3, 0.4) is 0 Å². The monoisotopic (exact) mass is 284 g/mol. The maximum atomic E-state index is 10.2. The second-order valence-corrected chi connectivity index (χ2v) is 6.56. The number of aliphatic hydroxyl groups excluding tert-OH is 2. The van der Waals surface area contributed by atoms with E-state index in [-0.39, 0.29) is 0 Å². The number of nitrogens with zero attached hydrogens (tertiary/aromatic N) is 2. The molecule has 0 aromatic rings. The zero-order valence-corrected chi connectivity index (χ0v) is 12.8. The largest absolute Gasteiger partial charge is 0.389 e. The second kappa shape index (κ2) is 8.98. The van der Waals surface area contributed by atoms with E-state index in [1.165, 1.54) is 51.4 Å². The van der Waals surface area contributed by atoms with Gasteiger partial charge < -0.3 is 20.0 Å². The molecule has 2 aliphatic rings. The van der Waals surface area contributed by atoms with Gasteiger partial charge in [0, 0.05) is 13.1 Å². The molecule has 2 atom stereocenters. The van der Waals surface area contributed by atoms with Gasteiger partial charge in [-0.25, -0.2) is 0 Å². The smallest absolute Gasteiger partial charge is 0.0938 e. The van der Waals surface area contributed by atoms with Crippen LogP contribution >= 0.6 is 0 Å². The summed E-state index contributed by atoms with van der Waals surface area (Å²) in [4.78, 5) is 4.65. The van der Waals surface area contributed by atoms with Crippen molar-refractivity contribution in [1.29, 1.82) is 0 Å². The standard InChI is InChI=1S/C16H32N2O2/c19-15(13-17-9-5-1-2-6-10-17)16(20)14-18-11-7-3-4-8-12-18/h15-16,19-20H,1-14H2/t15-,16-/m0/s1. The van der Waals surface area contributed by atoms with Crippen LogP contribution < -0.4 is 0 Å². The molecule has 0 radical (unpaired) electrons. The normalized spacial score (nSPS) is 26.7. The van der Waals surface area contributed by atoms with Gasteiger partial charge in [-0.3, -0.25) is 0 Å². The summed E-state index contributed by atoms with van der Waals surface area (Å²) in [5, 5.41) is 20.5. The lowest BCUT2D eigenvalue weighted by atomic mass is 10.1. The van der Waals surface area contributed by atoms with Gasteiger partial charge in [-0.1, -0.05) is 25.7 Å². The Bertz CT molecular complexity index is 221.